The van der Waals surface area contributed by atoms with Gasteiger partial charge in [-0.3, -0.25) is 9.59 Å². The Kier molecular flexibility index (Phi) is 3.80. The maximum absolute atomic E-state index is 12.3. The van der Waals surface area contributed by atoms with Crippen molar-refractivity contribution in [1.82, 2.24) is 5.32 Å². The van der Waals surface area contributed by atoms with Gasteiger partial charge in [0.05, 0.1) is 18.6 Å². The molecular formula is C19H18N2O4. The number of carbonyl (C=O) groups excluding carboxylic acids is 2. The standard InChI is InChI=1S/C19H18N2O4/c1-24-16-10-12(8-9-15(16)25-19(23)11-6-7-11)17-20-14-5-3-2-4-13(14)18(22)21-17/h2-5,8-11,17,20H,6-7H2,1H3,(H,21,22)/t17-/m1/s1. The van der Waals surface area contributed by atoms with Crippen molar-refractivity contribution >= 4 is 17.6 Å². The van der Waals surface area contributed by atoms with Crippen molar-refractivity contribution < 1.29 is 19.1 Å². The third-order valence-corrected chi connectivity index (χ3v) is 4.39. The lowest BCUT2D eigenvalue weighted by atomic mass is 10.1. The second-order valence-corrected chi connectivity index (χ2v) is 6.20. The van der Waals surface area contributed by atoms with Crippen LogP contribution in [0.1, 0.15) is 34.9 Å². The highest BCUT2D eigenvalue weighted by Gasteiger charge is 2.32. The Labute approximate surface area is 145 Å². The highest BCUT2D eigenvalue weighted by molar-refractivity contribution is 6.01. The third kappa shape index (κ3) is 3.03. The van der Waals surface area contributed by atoms with Gasteiger partial charge in [-0.25, -0.2) is 0 Å². The predicted molar refractivity (Wildman–Crippen MR) is 91.6 cm³/mol. The summed E-state index contributed by atoms with van der Waals surface area (Å²) < 4.78 is 10.8. The van der Waals surface area contributed by atoms with E-state index < -0.39 is 0 Å². The van der Waals surface area contributed by atoms with E-state index in [9.17, 15) is 9.59 Å². The second kappa shape index (κ2) is 6.12. The summed E-state index contributed by atoms with van der Waals surface area (Å²) in [5, 5.41) is 6.20. The Morgan fingerprint density at radius 3 is 2.64 bits per heavy atom. The fourth-order valence-corrected chi connectivity index (χ4v) is 2.83. The molecular weight excluding hydrogens is 320 g/mol. The molecule has 25 heavy (non-hydrogen) atoms. The third-order valence-electron chi connectivity index (χ3n) is 4.39. The van der Waals surface area contributed by atoms with E-state index in [2.05, 4.69) is 10.6 Å². The second-order valence-electron chi connectivity index (χ2n) is 6.20. The van der Waals surface area contributed by atoms with Crippen LogP contribution in [-0.4, -0.2) is 19.0 Å². The normalized spacial score (nSPS) is 18.6. The van der Waals surface area contributed by atoms with Gasteiger partial charge >= 0.3 is 5.97 Å². The highest BCUT2D eigenvalue weighted by Crippen LogP contribution is 2.36. The minimum Gasteiger partial charge on any atom is -0.493 e. The van der Waals surface area contributed by atoms with Gasteiger partial charge in [-0.2, -0.15) is 0 Å². The molecule has 0 spiro atoms. The molecule has 0 bridgehead atoms. The van der Waals surface area contributed by atoms with Gasteiger partial charge in [-0.1, -0.05) is 18.2 Å². The van der Waals surface area contributed by atoms with Gasteiger partial charge < -0.3 is 20.1 Å². The summed E-state index contributed by atoms with van der Waals surface area (Å²) in [6.45, 7) is 0. The molecule has 1 amide bonds. The lowest BCUT2D eigenvalue weighted by Crippen LogP contribution is -2.38. The minimum atomic E-state index is -0.385. The molecule has 6 heteroatoms. The molecule has 1 fully saturated rings. The van der Waals surface area contributed by atoms with E-state index in [1.807, 2.05) is 24.3 Å². The summed E-state index contributed by atoms with van der Waals surface area (Å²) in [6.07, 6.45) is 1.39. The van der Waals surface area contributed by atoms with Gasteiger partial charge in [0.15, 0.2) is 11.5 Å². The molecule has 6 nitrogen and oxygen atoms in total. The minimum absolute atomic E-state index is 0.0141. The average molecular weight is 338 g/mol. The molecule has 0 radical (unpaired) electrons. The Balaban J connectivity index is 1.58. The van der Waals surface area contributed by atoms with Crippen molar-refractivity contribution in [2.24, 2.45) is 5.92 Å². The number of methoxy groups -OCH3 is 1. The maximum atomic E-state index is 12.3. The molecule has 2 aliphatic rings. The molecule has 0 unspecified atom stereocenters. The number of nitrogens with one attached hydrogen (secondary N) is 2. The summed E-state index contributed by atoms with van der Waals surface area (Å²) in [7, 11) is 1.52. The van der Waals surface area contributed by atoms with E-state index in [1.165, 1.54) is 7.11 Å². The number of amides is 1. The van der Waals surface area contributed by atoms with Gasteiger partial charge in [0, 0.05) is 5.69 Å². The summed E-state index contributed by atoms with van der Waals surface area (Å²) in [5.41, 5.74) is 2.20. The van der Waals surface area contributed by atoms with Crippen molar-refractivity contribution in [3.05, 3.63) is 53.6 Å². The number of hydrogen-bond donors (Lipinski definition) is 2. The smallest absolute Gasteiger partial charge is 0.314 e. The first kappa shape index (κ1) is 15.5. The number of para-hydroxylation sites is 1. The van der Waals surface area contributed by atoms with E-state index in [0.717, 1.165) is 24.1 Å². The lowest BCUT2D eigenvalue weighted by molar-refractivity contribution is -0.135. The Morgan fingerprint density at radius 1 is 1.08 bits per heavy atom. The van der Waals surface area contributed by atoms with Gasteiger partial charge in [0.25, 0.3) is 5.91 Å². The van der Waals surface area contributed by atoms with Gasteiger partial charge in [-0.05, 0) is 42.7 Å². The number of anilines is 1. The zero-order chi connectivity index (χ0) is 17.4. The van der Waals surface area contributed by atoms with Crippen molar-refractivity contribution in [2.75, 3.05) is 12.4 Å². The van der Waals surface area contributed by atoms with Crippen molar-refractivity contribution in [3.8, 4) is 11.5 Å². The van der Waals surface area contributed by atoms with Crippen LogP contribution in [0.3, 0.4) is 0 Å². The number of rotatable bonds is 4. The Bertz CT molecular complexity index is 845. The fraction of sp³-hybridized carbons (Fsp3) is 0.263. The monoisotopic (exact) mass is 338 g/mol. The van der Waals surface area contributed by atoms with E-state index in [-0.39, 0.29) is 24.0 Å². The quantitative estimate of drug-likeness (QED) is 0.662. The Hall–Kier alpha value is -3.02. The molecule has 1 heterocycles. The fourth-order valence-electron chi connectivity index (χ4n) is 2.83. The van der Waals surface area contributed by atoms with Crippen molar-refractivity contribution in [1.29, 1.82) is 0 Å². The Morgan fingerprint density at radius 2 is 1.88 bits per heavy atom. The molecule has 128 valence electrons. The number of fused-ring (bicyclic) bond motifs is 1. The summed E-state index contributed by atoms with van der Waals surface area (Å²) >= 11 is 0. The molecule has 0 saturated heterocycles. The molecule has 1 aliphatic heterocycles. The molecule has 2 aromatic carbocycles. The van der Waals surface area contributed by atoms with Crippen molar-refractivity contribution in [3.63, 3.8) is 0 Å². The van der Waals surface area contributed by atoms with Crippen LogP contribution in [0, 0.1) is 5.92 Å². The van der Waals surface area contributed by atoms with Crippen LogP contribution in [0.2, 0.25) is 0 Å². The lowest BCUT2D eigenvalue weighted by Gasteiger charge is -2.28. The van der Waals surface area contributed by atoms with Gasteiger partial charge in [0.2, 0.25) is 0 Å². The molecule has 1 aliphatic carbocycles. The molecule has 0 aromatic heterocycles. The zero-order valence-electron chi connectivity index (χ0n) is 13.7. The van der Waals surface area contributed by atoms with Crippen LogP contribution in [0.5, 0.6) is 11.5 Å². The van der Waals surface area contributed by atoms with Crippen LogP contribution < -0.4 is 20.1 Å². The maximum Gasteiger partial charge on any atom is 0.314 e. The summed E-state index contributed by atoms with van der Waals surface area (Å²) in [4.78, 5) is 24.1. The average Bonchev–Trinajstić information content (AvgIpc) is 3.47. The van der Waals surface area contributed by atoms with E-state index >= 15 is 0 Å². The summed E-state index contributed by atoms with van der Waals surface area (Å²) in [5.74, 6) is 0.513. The van der Waals surface area contributed by atoms with E-state index in [1.54, 1.807) is 18.2 Å². The van der Waals surface area contributed by atoms with Crippen molar-refractivity contribution in [2.45, 2.75) is 19.0 Å². The van der Waals surface area contributed by atoms with E-state index in [4.69, 9.17) is 9.47 Å². The van der Waals surface area contributed by atoms with Crippen LogP contribution in [-0.2, 0) is 4.79 Å². The number of ether oxygens (including phenoxy) is 2. The first-order valence-electron chi connectivity index (χ1n) is 8.22. The van der Waals surface area contributed by atoms with Crippen LogP contribution in [0.4, 0.5) is 5.69 Å². The molecule has 1 saturated carbocycles. The predicted octanol–water partition coefficient (Wildman–Crippen LogP) is 2.86. The highest BCUT2D eigenvalue weighted by atomic mass is 16.6. The topological polar surface area (TPSA) is 76.7 Å². The molecule has 4 rings (SSSR count). The van der Waals surface area contributed by atoms with Gasteiger partial charge in [0.1, 0.15) is 6.17 Å². The van der Waals surface area contributed by atoms with Gasteiger partial charge in [-0.15, -0.1) is 0 Å². The first-order chi connectivity index (χ1) is 12.2. The SMILES string of the molecule is COc1cc([C@H]2NC(=O)c3ccccc3N2)ccc1OC(=O)C1CC1. The molecule has 2 N–H and O–H groups in total. The van der Waals surface area contributed by atoms with Crippen LogP contribution in [0.25, 0.3) is 0 Å². The number of carbonyl (C=O) groups is 2. The number of benzene rings is 2. The largest absolute Gasteiger partial charge is 0.493 e. The zero-order valence-corrected chi connectivity index (χ0v) is 13.7. The van der Waals surface area contributed by atoms with E-state index in [0.29, 0.717) is 17.1 Å². The first-order valence-corrected chi connectivity index (χ1v) is 8.22. The summed E-state index contributed by atoms with van der Waals surface area (Å²) in [6, 6.07) is 12.6. The molecule has 1 atom stereocenters. The van der Waals surface area contributed by atoms with Crippen LogP contribution >= 0.6 is 0 Å². The van der Waals surface area contributed by atoms with Crippen LogP contribution in [0.15, 0.2) is 42.5 Å². The number of esters is 1. The number of hydrogen-bond acceptors (Lipinski definition) is 5. The molecule has 2 aromatic rings.